The average molecular weight is 443 g/mol. The highest BCUT2D eigenvalue weighted by Gasteiger charge is 2.31. The lowest BCUT2D eigenvalue weighted by atomic mass is 9.88. The zero-order chi connectivity index (χ0) is 23.0. The number of guanidine groups is 1. The molecule has 1 heterocycles. The van der Waals surface area contributed by atoms with Crippen molar-refractivity contribution >= 4 is 11.9 Å². The third-order valence-corrected chi connectivity index (χ3v) is 6.22. The molecular formula is C26H42N4O2. The van der Waals surface area contributed by atoms with E-state index in [1.54, 1.807) is 0 Å². The Balaban J connectivity index is 1.53. The fourth-order valence-corrected chi connectivity index (χ4v) is 4.49. The summed E-state index contributed by atoms with van der Waals surface area (Å²) in [7, 11) is 0. The number of hydrogen-bond donors (Lipinski definition) is 2. The number of amides is 1. The standard InChI is InChI=1S/C26H42N4O2/c1-5-27-25(28-17-20-10-9-11-21(16-20)19-32-26(2,3)4)29-23-14-15-30(18-23)24(31)22-12-7-6-8-13-22/h9-11,16,22-23H,5-8,12-15,17-19H2,1-4H3,(H2,27,28,29). The number of likely N-dealkylation sites (tertiary alicyclic amines) is 1. The third kappa shape index (κ3) is 7.80. The minimum Gasteiger partial charge on any atom is -0.371 e. The molecule has 2 aliphatic rings. The van der Waals surface area contributed by atoms with Crippen LogP contribution in [0.2, 0.25) is 0 Å². The lowest BCUT2D eigenvalue weighted by Gasteiger charge is -2.26. The number of rotatable bonds is 7. The molecule has 1 aliphatic carbocycles. The summed E-state index contributed by atoms with van der Waals surface area (Å²) in [5.41, 5.74) is 2.18. The van der Waals surface area contributed by atoms with E-state index in [4.69, 9.17) is 9.73 Å². The lowest BCUT2D eigenvalue weighted by molar-refractivity contribution is -0.135. The Morgan fingerprint density at radius 1 is 1.16 bits per heavy atom. The minimum absolute atomic E-state index is 0.149. The summed E-state index contributed by atoms with van der Waals surface area (Å²) >= 11 is 0. The van der Waals surface area contributed by atoms with Crippen molar-refractivity contribution in [1.82, 2.24) is 15.5 Å². The fourth-order valence-electron chi connectivity index (χ4n) is 4.49. The van der Waals surface area contributed by atoms with E-state index in [2.05, 4.69) is 67.5 Å². The Kier molecular flexibility index (Phi) is 8.97. The zero-order valence-corrected chi connectivity index (χ0v) is 20.5. The molecule has 2 N–H and O–H groups in total. The number of carbonyl (C=O) groups excluding carboxylic acids is 1. The van der Waals surface area contributed by atoms with Crippen molar-refractivity contribution in [2.45, 2.75) is 91.0 Å². The van der Waals surface area contributed by atoms with Gasteiger partial charge in [-0.15, -0.1) is 0 Å². The predicted molar refractivity (Wildman–Crippen MR) is 130 cm³/mol. The predicted octanol–water partition coefficient (Wildman–Crippen LogP) is 4.24. The summed E-state index contributed by atoms with van der Waals surface area (Å²) in [5.74, 6) is 1.44. The van der Waals surface area contributed by atoms with Crippen LogP contribution in [-0.2, 0) is 22.7 Å². The molecule has 178 valence electrons. The molecule has 1 aliphatic heterocycles. The number of hydrogen-bond acceptors (Lipinski definition) is 3. The highest BCUT2D eigenvalue weighted by atomic mass is 16.5. The third-order valence-electron chi connectivity index (χ3n) is 6.22. The molecule has 6 heteroatoms. The van der Waals surface area contributed by atoms with E-state index in [0.29, 0.717) is 19.1 Å². The molecule has 2 fully saturated rings. The first-order valence-corrected chi connectivity index (χ1v) is 12.4. The van der Waals surface area contributed by atoms with Crippen molar-refractivity contribution in [3.63, 3.8) is 0 Å². The normalized spacial score (nSPS) is 20.4. The smallest absolute Gasteiger partial charge is 0.225 e. The van der Waals surface area contributed by atoms with Crippen LogP contribution in [0.1, 0.15) is 77.3 Å². The van der Waals surface area contributed by atoms with Crippen molar-refractivity contribution in [2.75, 3.05) is 19.6 Å². The molecule has 1 amide bonds. The topological polar surface area (TPSA) is 66.0 Å². The van der Waals surface area contributed by atoms with E-state index in [-0.39, 0.29) is 17.6 Å². The lowest BCUT2D eigenvalue weighted by Crippen LogP contribution is -2.45. The first-order valence-electron chi connectivity index (χ1n) is 12.4. The van der Waals surface area contributed by atoms with Gasteiger partial charge >= 0.3 is 0 Å². The molecule has 1 saturated carbocycles. The maximum atomic E-state index is 12.9. The molecule has 1 unspecified atom stereocenters. The van der Waals surface area contributed by atoms with E-state index in [1.807, 2.05) is 0 Å². The number of aliphatic imine (C=N–C) groups is 1. The summed E-state index contributed by atoms with van der Waals surface area (Å²) < 4.78 is 5.90. The van der Waals surface area contributed by atoms with Gasteiger partial charge in [-0.3, -0.25) is 4.79 Å². The van der Waals surface area contributed by atoms with Crippen molar-refractivity contribution in [3.05, 3.63) is 35.4 Å². The Hall–Kier alpha value is -2.08. The second-order valence-electron chi connectivity index (χ2n) is 10.2. The molecule has 3 rings (SSSR count). The Morgan fingerprint density at radius 3 is 2.62 bits per heavy atom. The summed E-state index contributed by atoms with van der Waals surface area (Å²) in [4.78, 5) is 19.7. The van der Waals surface area contributed by atoms with Crippen LogP contribution in [0.5, 0.6) is 0 Å². The van der Waals surface area contributed by atoms with Crippen LogP contribution in [0.25, 0.3) is 0 Å². The molecule has 1 saturated heterocycles. The highest BCUT2D eigenvalue weighted by molar-refractivity contribution is 5.81. The highest BCUT2D eigenvalue weighted by Crippen LogP contribution is 2.26. The number of nitrogens with one attached hydrogen (secondary N) is 2. The van der Waals surface area contributed by atoms with Gasteiger partial charge in [-0.2, -0.15) is 0 Å². The summed E-state index contributed by atoms with van der Waals surface area (Å²) in [6, 6.07) is 8.69. The van der Waals surface area contributed by atoms with Gasteiger partial charge in [0.05, 0.1) is 18.8 Å². The van der Waals surface area contributed by atoms with Crippen molar-refractivity contribution in [3.8, 4) is 0 Å². The second-order valence-corrected chi connectivity index (χ2v) is 10.2. The molecule has 0 spiro atoms. The van der Waals surface area contributed by atoms with E-state index in [0.717, 1.165) is 50.4 Å². The summed E-state index contributed by atoms with van der Waals surface area (Å²) in [6.07, 6.45) is 6.79. The van der Waals surface area contributed by atoms with E-state index >= 15 is 0 Å². The van der Waals surface area contributed by atoms with Crippen LogP contribution in [0.3, 0.4) is 0 Å². The Labute approximate surface area is 194 Å². The average Bonchev–Trinajstić information content (AvgIpc) is 3.25. The molecule has 6 nitrogen and oxygen atoms in total. The van der Waals surface area contributed by atoms with Gasteiger partial charge in [0.2, 0.25) is 5.91 Å². The molecule has 0 radical (unpaired) electrons. The van der Waals surface area contributed by atoms with Crippen LogP contribution in [0.4, 0.5) is 0 Å². The van der Waals surface area contributed by atoms with Gasteiger partial charge in [0.25, 0.3) is 0 Å². The Bertz CT molecular complexity index is 765. The number of carbonyl (C=O) groups is 1. The maximum absolute atomic E-state index is 12.9. The van der Waals surface area contributed by atoms with Gasteiger partial charge in [-0.1, -0.05) is 43.5 Å². The second kappa shape index (κ2) is 11.7. The molecular weight excluding hydrogens is 400 g/mol. The van der Waals surface area contributed by atoms with Gasteiger partial charge in [0.1, 0.15) is 0 Å². The van der Waals surface area contributed by atoms with Gasteiger partial charge < -0.3 is 20.3 Å². The van der Waals surface area contributed by atoms with Gasteiger partial charge in [0, 0.05) is 31.6 Å². The number of ether oxygens (including phenoxy) is 1. The quantitative estimate of drug-likeness (QED) is 0.490. The van der Waals surface area contributed by atoms with Crippen LogP contribution >= 0.6 is 0 Å². The minimum atomic E-state index is -0.149. The van der Waals surface area contributed by atoms with E-state index in [9.17, 15) is 4.79 Å². The fraction of sp³-hybridized carbons (Fsp3) is 0.692. The van der Waals surface area contributed by atoms with Crippen LogP contribution < -0.4 is 10.6 Å². The van der Waals surface area contributed by atoms with Crippen molar-refractivity contribution < 1.29 is 9.53 Å². The molecule has 32 heavy (non-hydrogen) atoms. The number of benzene rings is 1. The van der Waals surface area contributed by atoms with Gasteiger partial charge in [-0.25, -0.2) is 4.99 Å². The molecule has 1 aromatic carbocycles. The summed E-state index contributed by atoms with van der Waals surface area (Å²) in [6.45, 7) is 11.9. The maximum Gasteiger partial charge on any atom is 0.225 e. The van der Waals surface area contributed by atoms with Crippen LogP contribution in [0.15, 0.2) is 29.3 Å². The Morgan fingerprint density at radius 2 is 1.91 bits per heavy atom. The molecule has 0 bridgehead atoms. The molecule has 0 aromatic heterocycles. The first kappa shape index (κ1) is 24.6. The molecule has 1 atom stereocenters. The summed E-state index contributed by atoms with van der Waals surface area (Å²) in [5, 5.41) is 6.91. The zero-order valence-electron chi connectivity index (χ0n) is 20.5. The number of nitrogens with zero attached hydrogens (tertiary/aromatic N) is 2. The largest absolute Gasteiger partial charge is 0.371 e. The van der Waals surface area contributed by atoms with E-state index < -0.39 is 0 Å². The first-order chi connectivity index (χ1) is 15.3. The van der Waals surface area contributed by atoms with Gasteiger partial charge in [-0.05, 0) is 58.1 Å². The SMILES string of the molecule is CCNC(=NCc1cccc(COC(C)(C)C)c1)NC1CCN(C(=O)C2CCCCC2)C1. The van der Waals surface area contributed by atoms with Crippen molar-refractivity contribution in [1.29, 1.82) is 0 Å². The monoisotopic (exact) mass is 442 g/mol. The van der Waals surface area contributed by atoms with Crippen LogP contribution in [0, 0.1) is 5.92 Å². The molecule has 1 aromatic rings. The van der Waals surface area contributed by atoms with Gasteiger partial charge in [0.15, 0.2) is 5.96 Å². The van der Waals surface area contributed by atoms with Crippen LogP contribution in [-0.4, -0.2) is 48.0 Å². The van der Waals surface area contributed by atoms with Crippen molar-refractivity contribution in [2.24, 2.45) is 10.9 Å². The van der Waals surface area contributed by atoms with E-state index in [1.165, 1.54) is 24.8 Å².